The van der Waals surface area contributed by atoms with Gasteiger partial charge in [0.2, 0.25) is 0 Å². The van der Waals surface area contributed by atoms with Gasteiger partial charge in [-0.25, -0.2) is 0 Å². The molecule has 1 atom stereocenters. The average Bonchev–Trinajstić information content (AvgIpc) is 2.79. The van der Waals surface area contributed by atoms with E-state index in [1.807, 2.05) is 0 Å². The largest absolute Gasteiger partial charge is 1.00 e. The second kappa shape index (κ2) is 10.00. The molecule has 3 rings (SSSR count). The van der Waals surface area contributed by atoms with Crippen molar-refractivity contribution >= 4 is 0 Å². The summed E-state index contributed by atoms with van der Waals surface area (Å²) in [5, 5.41) is 0. The molecule has 0 fully saturated rings. The Kier molecular flexibility index (Phi) is 9.80. The van der Waals surface area contributed by atoms with E-state index in [0.717, 1.165) is 0 Å². The molecule has 0 amide bonds. The molecule has 1 aliphatic carbocycles. The average molecular weight is 428 g/mol. The molecule has 130 valence electrons. The van der Waals surface area contributed by atoms with Crippen LogP contribution in [0.15, 0.2) is 72.3 Å². The molecule has 2 aromatic rings. The van der Waals surface area contributed by atoms with Crippen LogP contribution in [0.4, 0.5) is 0 Å². The number of hydrogen-bond acceptors (Lipinski definition) is 0. The molecule has 0 bridgehead atoms. The van der Waals surface area contributed by atoms with Crippen molar-refractivity contribution in [2.24, 2.45) is 0 Å². The number of halogens is 3. The third kappa shape index (κ3) is 5.03. The maximum atomic E-state index is 2.36. The second-order valence-electron chi connectivity index (χ2n) is 6.34. The monoisotopic (exact) mass is 426 g/mol. The third-order valence-corrected chi connectivity index (χ3v) is 5.89. The molecule has 0 aliphatic heterocycles. The molecule has 25 heavy (non-hydrogen) atoms. The van der Waals surface area contributed by atoms with Gasteiger partial charge < -0.3 is 37.2 Å². The van der Waals surface area contributed by atoms with E-state index >= 15 is 0 Å². The zero-order valence-electron chi connectivity index (χ0n) is 14.6. The van der Waals surface area contributed by atoms with Crippen LogP contribution in [0.1, 0.15) is 35.1 Å². The van der Waals surface area contributed by atoms with Gasteiger partial charge in [0.15, 0.2) is 0 Å². The summed E-state index contributed by atoms with van der Waals surface area (Å²) in [5.41, 5.74) is 6.87. The van der Waals surface area contributed by atoms with E-state index in [4.69, 9.17) is 0 Å². The van der Waals surface area contributed by atoms with Crippen molar-refractivity contribution in [3.05, 3.63) is 94.6 Å². The normalized spacial score (nSPS) is 18.1. The smallest absolute Gasteiger partial charge is 1.00 e. The van der Waals surface area contributed by atoms with Crippen LogP contribution in [0, 0.1) is 13.8 Å². The van der Waals surface area contributed by atoms with Crippen LogP contribution in [0.3, 0.4) is 0 Å². The molecular formula is C21H21Cl3Ti. The van der Waals surface area contributed by atoms with Crippen LogP contribution < -0.4 is 37.2 Å². The van der Waals surface area contributed by atoms with Crippen LogP contribution in [0.25, 0.3) is 0 Å². The van der Waals surface area contributed by atoms with Gasteiger partial charge in [0.05, 0.1) is 0 Å². The summed E-state index contributed by atoms with van der Waals surface area (Å²) < 4.78 is 0.0432. The van der Waals surface area contributed by atoms with Crippen molar-refractivity contribution in [2.45, 2.75) is 30.4 Å². The van der Waals surface area contributed by atoms with Crippen LogP contribution in [0.5, 0.6) is 0 Å². The van der Waals surface area contributed by atoms with E-state index in [-0.39, 0.29) is 40.9 Å². The van der Waals surface area contributed by atoms with Crippen molar-refractivity contribution in [3.63, 3.8) is 0 Å². The van der Waals surface area contributed by atoms with Gasteiger partial charge in [-0.3, -0.25) is 0 Å². The molecule has 0 saturated heterocycles. The molecule has 0 saturated carbocycles. The quantitative estimate of drug-likeness (QED) is 0.450. The van der Waals surface area contributed by atoms with Crippen LogP contribution >= 0.6 is 0 Å². The molecule has 0 N–H and O–H groups in total. The summed E-state index contributed by atoms with van der Waals surface area (Å²) in [6.45, 7) is 6.59. The van der Waals surface area contributed by atoms with E-state index in [1.165, 1.54) is 27.8 Å². The molecule has 0 heterocycles. The first-order valence-electron chi connectivity index (χ1n) is 7.75. The van der Waals surface area contributed by atoms with Gasteiger partial charge in [-0.2, -0.15) is 0 Å². The minimum atomic E-state index is 0. The Morgan fingerprint density at radius 1 is 0.800 bits per heavy atom. The Labute approximate surface area is 181 Å². The first-order chi connectivity index (χ1) is 10.5. The first kappa shape index (κ1) is 24.5. The Morgan fingerprint density at radius 2 is 1.28 bits per heavy atom. The number of rotatable bonds is 3. The van der Waals surface area contributed by atoms with Gasteiger partial charge in [-0.05, 0) is 0 Å². The van der Waals surface area contributed by atoms with Gasteiger partial charge in [0, 0.05) is 0 Å². The Balaban J connectivity index is 0.00000192. The Morgan fingerprint density at radius 3 is 1.64 bits per heavy atom. The van der Waals surface area contributed by atoms with E-state index in [1.54, 1.807) is 0 Å². The predicted octanol–water partition coefficient (Wildman–Crippen LogP) is -3.33. The minimum Gasteiger partial charge on any atom is -1.00 e. The summed E-state index contributed by atoms with van der Waals surface area (Å²) in [5.74, 6) is 0.349. The zero-order chi connectivity index (χ0) is 15.7. The standard InChI is InChI=1S/C21H21.3ClH.Ti/c1-15-7-4-10-18(13-15)21(20-12-6-9-17(20)3)19-11-5-8-16(2)14-19;;;;/h4-14,21H,1-3H3;3*1H;/q;;;;+3/p-3. The molecule has 0 aromatic heterocycles. The molecule has 4 heteroatoms. The SMILES string of the molecule is CC1=CC=C[C]1([Ti+3])C(c1cccc(C)c1)c1cccc(C)c1.[Cl-].[Cl-].[Cl-]. The maximum absolute atomic E-state index is 2.36. The van der Waals surface area contributed by atoms with Crippen LogP contribution in [-0.4, -0.2) is 0 Å². The van der Waals surface area contributed by atoms with Gasteiger partial charge >= 0.3 is 145 Å². The maximum Gasteiger partial charge on any atom is -1.00 e. The Hall–Kier alpha value is -0.496. The van der Waals surface area contributed by atoms with Crippen LogP contribution in [0.2, 0.25) is 3.72 Å². The number of allylic oxidation sites excluding steroid dienone is 4. The molecule has 0 radical (unpaired) electrons. The fourth-order valence-electron chi connectivity index (χ4n) is 3.36. The summed E-state index contributed by atoms with van der Waals surface area (Å²) in [6.07, 6.45) is 6.81. The van der Waals surface area contributed by atoms with Crippen molar-refractivity contribution < 1.29 is 57.7 Å². The van der Waals surface area contributed by atoms with Crippen molar-refractivity contribution in [3.8, 4) is 0 Å². The minimum absolute atomic E-state index is 0. The van der Waals surface area contributed by atoms with Gasteiger partial charge in [0.25, 0.3) is 0 Å². The van der Waals surface area contributed by atoms with Crippen molar-refractivity contribution in [1.82, 2.24) is 0 Å². The fraction of sp³-hybridized carbons (Fsp3) is 0.238. The Bertz CT molecular complexity index is 722. The number of benzene rings is 2. The summed E-state index contributed by atoms with van der Waals surface area (Å²) in [7, 11) is 0. The zero-order valence-corrected chi connectivity index (χ0v) is 18.4. The molecule has 0 spiro atoms. The molecule has 1 aliphatic rings. The molecule has 2 aromatic carbocycles. The van der Waals surface area contributed by atoms with E-state index in [9.17, 15) is 0 Å². The predicted molar refractivity (Wildman–Crippen MR) is 89.8 cm³/mol. The number of aryl methyl sites for hydroxylation is 2. The van der Waals surface area contributed by atoms with Gasteiger partial charge in [-0.15, -0.1) is 0 Å². The third-order valence-electron chi connectivity index (χ3n) is 4.56. The van der Waals surface area contributed by atoms with E-state index in [2.05, 4.69) is 108 Å². The van der Waals surface area contributed by atoms with Crippen molar-refractivity contribution in [2.75, 3.05) is 0 Å². The van der Waals surface area contributed by atoms with Crippen LogP contribution in [-0.2, 0) is 20.4 Å². The molecule has 1 unspecified atom stereocenters. The van der Waals surface area contributed by atoms with Gasteiger partial charge in [-0.1, -0.05) is 0 Å². The van der Waals surface area contributed by atoms with E-state index < -0.39 is 0 Å². The molecule has 0 nitrogen and oxygen atoms in total. The fourth-order valence-corrected chi connectivity index (χ4v) is 4.16. The summed E-state index contributed by atoms with van der Waals surface area (Å²) in [6, 6.07) is 17.9. The van der Waals surface area contributed by atoms with Gasteiger partial charge in [0.1, 0.15) is 0 Å². The summed E-state index contributed by atoms with van der Waals surface area (Å²) >= 11 is 2.36. The van der Waals surface area contributed by atoms with Crippen molar-refractivity contribution in [1.29, 1.82) is 0 Å². The first-order valence-corrected chi connectivity index (χ1v) is 8.53. The second-order valence-corrected chi connectivity index (χ2v) is 7.63. The molecular weight excluding hydrogens is 406 g/mol. The summed E-state index contributed by atoms with van der Waals surface area (Å²) in [4.78, 5) is 0. The van der Waals surface area contributed by atoms with E-state index in [0.29, 0.717) is 5.92 Å². The number of hydrogen-bond donors (Lipinski definition) is 0. The topological polar surface area (TPSA) is 0 Å².